The van der Waals surface area contributed by atoms with Crippen molar-refractivity contribution < 1.29 is 5.11 Å². The molecule has 1 N–H and O–H groups in total. The van der Waals surface area contributed by atoms with Crippen LogP contribution in [0.4, 0.5) is 11.5 Å². The summed E-state index contributed by atoms with van der Waals surface area (Å²) >= 11 is 0. The molecule has 0 spiro atoms. The maximum absolute atomic E-state index is 10.7. The monoisotopic (exact) mass is 438 g/mol. The molecular formula is C25H38N6O. The van der Waals surface area contributed by atoms with Gasteiger partial charge in [0.05, 0.1) is 6.10 Å². The van der Waals surface area contributed by atoms with E-state index in [2.05, 4.69) is 74.8 Å². The zero-order valence-corrected chi connectivity index (χ0v) is 19.8. The van der Waals surface area contributed by atoms with Gasteiger partial charge in [-0.25, -0.2) is 9.97 Å². The number of hydrogen-bond acceptors (Lipinski definition) is 7. The van der Waals surface area contributed by atoms with Crippen LogP contribution in [0.25, 0.3) is 0 Å². The maximum atomic E-state index is 10.7. The Morgan fingerprint density at radius 1 is 0.812 bits per heavy atom. The Labute approximate surface area is 192 Å². The van der Waals surface area contributed by atoms with Crippen LogP contribution in [0.15, 0.2) is 36.4 Å². The molecule has 3 heterocycles. The summed E-state index contributed by atoms with van der Waals surface area (Å²) in [7, 11) is 0. The molecule has 2 fully saturated rings. The molecule has 7 heteroatoms. The molecule has 1 aromatic carbocycles. The summed E-state index contributed by atoms with van der Waals surface area (Å²) in [5, 5.41) is 10.7. The van der Waals surface area contributed by atoms with Crippen LogP contribution in [-0.2, 0) is 0 Å². The molecule has 0 aliphatic carbocycles. The van der Waals surface area contributed by atoms with E-state index in [0.717, 1.165) is 82.8 Å². The average Bonchev–Trinajstić information content (AvgIpc) is 2.80. The SMILES string of the molecule is Cc1cc(N2CCN(CC(O)CN3CCN(c4ccccc4)CC3)CC2)nc(C(C)C)n1. The molecule has 4 rings (SSSR count). The number of β-amino-alcohol motifs (C(OH)–C–C–N with tert-alkyl or cyclic N) is 1. The highest BCUT2D eigenvalue weighted by atomic mass is 16.3. The fourth-order valence-electron chi connectivity index (χ4n) is 4.64. The second kappa shape index (κ2) is 10.6. The van der Waals surface area contributed by atoms with Crippen LogP contribution in [-0.4, -0.2) is 96.4 Å². The molecule has 0 bridgehead atoms. The molecule has 0 amide bonds. The predicted molar refractivity (Wildman–Crippen MR) is 131 cm³/mol. The third kappa shape index (κ3) is 5.97. The van der Waals surface area contributed by atoms with Crippen molar-refractivity contribution in [2.24, 2.45) is 0 Å². The van der Waals surface area contributed by atoms with Gasteiger partial charge in [0.15, 0.2) is 0 Å². The molecule has 2 saturated heterocycles. The summed E-state index contributed by atoms with van der Waals surface area (Å²) in [5.41, 5.74) is 2.33. The second-order valence-corrected chi connectivity index (χ2v) is 9.45. The van der Waals surface area contributed by atoms with Crippen molar-refractivity contribution in [1.29, 1.82) is 0 Å². The fourth-order valence-corrected chi connectivity index (χ4v) is 4.64. The molecule has 1 unspecified atom stereocenters. The van der Waals surface area contributed by atoms with Crippen LogP contribution in [0.3, 0.4) is 0 Å². The lowest BCUT2D eigenvalue weighted by Crippen LogP contribution is -2.52. The topological polar surface area (TPSA) is 59.0 Å². The van der Waals surface area contributed by atoms with Crippen molar-refractivity contribution in [3.8, 4) is 0 Å². The molecule has 32 heavy (non-hydrogen) atoms. The van der Waals surface area contributed by atoms with E-state index < -0.39 is 0 Å². The third-order valence-electron chi connectivity index (χ3n) is 6.50. The van der Waals surface area contributed by atoms with Crippen molar-refractivity contribution in [1.82, 2.24) is 19.8 Å². The molecule has 0 radical (unpaired) electrons. The summed E-state index contributed by atoms with van der Waals surface area (Å²) in [6.07, 6.45) is -0.307. The van der Waals surface area contributed by atoms with E-state index in [1.807, 2.05) is 6.92 Å². The zero-order chi connectivity index (χ0) is 22.5. The number of aryl methyl sites for hydroxylation is 1. The van der Waals surface area contributed by atoms with E-state index in [-0.39, 0.29) is 6.10 Å². The smallest absolute Gasteiger partial charge is 0.133 e. The minimum atomic E-state index is -0.307. The number of aliphatic hydroxyl groups is 1. The summed E-state index contributed by atoms with van der Waals surface area (Å²) in [6, 6.07) is 12.7. The molecule has 7 nitrogen and oxygen atoms in total. The van der Waals surface area contributed by atoms with Gasteiger partial charge in [-0.3, -0.25) is 9.80 Å². The van der Waals surface area contributed by atoms with Crippen molar-refractivity contribution in [3.63, 3.8) is 0 Å². The van der Waals surface area contributed by atoms with Crippen LogP contribution in [0.2, 0.25) is 0 Å². The van der Waals surface area contributed by atoms with Gasteiger partial charge in [-0.2, -0.15) is 0 Å². The molecule has 1 atom stereocenters. The van der Waals surface area contributed by atoms with Gasteiger partial charge < -0.3 is 14.9 Å². The van der Waals surface area contributed by atoms with Gasteiger partial charge in [0.1, 0.15) is 11.6 Å². The number of aromatic nitrogens is 2. The Morgan fingerprint density at radius 3 is 1.94 bits per heavy atom. The lowest BCUT2D eigenvalue weighted by atomic mass is 10.2. The number of rotatable bonds is 7. The minimum absolute atomic E-state index is 0.307. The van der Waals surface area contributed by atoms with Crippen LogP contribution < -0.4 is 9.80 Å². The largest absolute Gasteiger partial charge is 0.390 e. The molecule has 2 aliphatic heterocycles. The van der Waals surface area contributed by atoms with Crippen LogP contribution in [0.1, 0.15) is 31.3 Å². The van der Waals surface area contributed by atoms with Gasteiger partial charge in [-0.05, 0) is 19.1 Å². The fraction of sp³-hybridized carbons (Fsp3) is 0.600. The van der Waals surface area contributed by atoms with E-state index in [0.29, 0.717) is 5.92 Å². The predicted octanol–water partition coefficient (Wildman–Crippen LogP) is 2.21. The lowest BCUT2D eigenvalue weighted by molar-refractivity contribution is 0.0697. The molecule has 2 aromatic rings. The van der Waals surface area contributed by atoms with Gasteiger partial charge in [-0.1, -0.05) is 32.0 Å². The minimum Gasteiger partial charge on any atom is -0.390 e. The summed E-state index contributed by atoms with van der Waals surface area (Å²) in [4.78, 5) is 18.9. The quantitative estimate of drug-likeness (QED) is 0.711. The van der Waals surface area contributed by atoms with E-state index in [4.69, 9.17) is 4.98 Å². The third-order valence-corrected chi connectivity index (χ3v) is 6.50. The summed E-state index contributed by atoms with van der Waals surface area (Å²) in [6.45, 7) is 15.7. The van der Waals surface area contributed by atoms with Gasteiger partial charge in [-0.15, -0.1) is 0 Å². The first kappa shape index (κ1) is 23.0. The van der Waals surface area contributed by atoms with E-state index in [1.165, 1.54) is 5.69 Å². The van der Waals surface area contributed by atoms with Gasteiger partial charge in [0.2, 0.25) is 0 Å². The second-order valence-electron chi connectivity index (χ2n) is 9.45. The molecule has 2 aliphatic rings. The molecule has 0 saturated carbocycles. The van der Waals surface area contributed by atoms with E-state index in [9.17, 15) is 5.11 Å². The summed E-state index contributed by atoms with van der Waals surface area (Å²) < 4.78 is 0. The summed E-state index contributed by atoms with van der Waals surface area (Å²) in [5.74, 6) is 2.29. The van der Waals surface area contributed by atoms with Gasteiger partial charge in [0.25, 0.3) is 0 Å². The van der Waals surface area contributed by atoms with Crippen molar-refractivity contribution in [2.75, 3.05) is 75.2 Å². The molecular weight excluding hydrogens is 400 g/mol. The highest BCUT2D eigenvalue weighted by molar-refractivity contribution is 5.46. The first-order chi connectivity index (χ1) is 15.5. The highest BCUT2D eigenvalue weighted by Gasteiger charge is 2.24. The maximum Gasteiger partial charge on any atom is 0.133 e. The van der Waals surface area contributed by atoms with Crippen molar-refractivity contribution in [2.45, 2.75) is 32.8 Å². The van der Waals surface area contributed by atoms with Crippen molar-refractivity contribution in [3.05, 3.63) is 47.9 Å². The Morgan fingerprint density at radius 2 is 1.38 bits per heavy atom. The van der Waals surface area contributed by atoms with E-state index in [1.54, 1.807) is 0 Å². The van der Waals surface area contributed by atoms with Crippen molar-refractivity contribution >= 4 is 11.5 Å². The first-order valence-corrected chi connectivity index (χ1v) is 12.0. The number of aliphatic hydroxyl groups excluding tert-OH is 1. The van der Waals surface area contributed by atoms with Crippen LogP contribution in [0, 0.1) is 6.92 Å². The normalized spacial score (nSPS) is 19.5. The Balaban J connectivity index is 1.20. The highest BCUT2D eigenvalue weighted by Crippen LogP contribution is 2.19. The molecule has 1 aromatic heterocycles. The lowest BCUT2D eigenvalue weighted by Gasteiger charge is -2.39. The number of hydrogen-bond donors (Lipinski definition) is 1. The van der Waals surface area contributed by atoms with Gasteiger partial charge >= 0.3 is 0 Å². The van der Waals surface area contributed by atoms with Crippen LogP contribution >= 0.6 is 0 Å². The van der Waals surface area contributed by atoms with E-state index >= 15 is 0 Å². The Hall–Kier alpha value is -2.22. The van der Waals surface area contributed by atoms with Gasteiger partial charge in [0, 0.05) is 88.8 Å². The number of para-hydroxylation sites is 1. The number of benzene rings is 1. The first-order valence-electron chi connectivity index (χ1n) is 12.0. The Bertz CT molecular complexity index is 845. The zero-order valence-electron chi connectivity index (χ0n) is 19.8. The standard InChI is InChI=1S/C25H38N6O/c1-20(2)25-26-21(3)17-24(27-25)31-15-11-29(12-16-31)19-23(32)18-28-9-13-30(14-10-28)22-7-5-4-6-8-22/h4-8,17,20,23,32H,9-16,18-19H2,1-3H3. The average molecular weight is 439 g/mol. The number of nitrogens with zero attached hydrogens (tertiary/aromatic N) is 6. The van der Waals surface area contributed by atoms with Crippen LogP contribution in [0.5, 0.6) is 0 Å². The Kier molecular flexibility index (Phi) is 7.60. The number of anilines is 2. The number of piperazine rings is 2. The molecule has 174 valence electrons.